The standard InChI is InChI=1S/C20H27N5O4S/c26-30(27,15-14-29-18-4-2-1-3-5-18)25-8-6-23(7-9-25)19-16-20(22-17-21-19)24-10-12-28-13-11-24/h1-5,16-17H,6-15H2. The van der Waals surface area contributed by atoms with Crippen molar-refractivity contribution in [1.82, 2.24) is 14.3 Å². The van der Waals surface area contributed by atoms with Crippen molar-refractivity contribution < 1.29 is 17.9 Å². The molecule has 9 nitrogen and oxygen atoms in total. The molecule has 4 rings (SSSR count). The van der Waals surface area contributed by atoms with E-state index in [1.54, 1.807) is 10.6 Å². The summed E-state index contributed by atoms with van der Waals surface area (Å²) in [6.45, 7) is 5.22. The first kappa shape index (κ1) is 20.8. The van der Waals surface area contributed by atoms with Crippen LogP contribution in [0.1, 0.15) is 0 Å². The van der Waals surface area contributed by atoms with Crippen LogP contribution in [-0.2, 0) is 14.8 Å². The molecular weight excluding hydrogens is 406 g/mol. The monoisotopic (exact) mass is 433 g/mol. The average Bonchev–Trinajstić information content (AvgIpc) is 2.80. The number of ether oxygens (including phenoxy) is 2. The maximum absolute atomic E-state index is 12.7. The third-order valence-corrected chi connectivity index (χ3v) is 7.12. The van der Waals surface area contributed by atoms with Gasteiger partial charge in [0.2, 0.25) is 10.0 Å². The Balaban J connectivity index is 1.30. The molecule has 1 aromatic carbocycles. The Labute approximate surface area is 177 Å². The van der Waals surface area contributed by atoms with Crippen LogP contribution < -0.4 is 14.5 Å². The van der Waals surface area contributed by atoms with E-state index in [-0.39, 0.29) is 12.4 Å². The van der Waals surface area contributed by atoms with Gasteiger partial charge in [-0.2, -0.15) is 4.31 Å². The summed E-state index contributed by atoms with van der Waals surface area (Å²) in [6, 6.07) is 11.2. The van der Waals surface area contributed by atoms with Crippen molar-refractivity contribution in [2.45, 2.75) is 0 Å². The van der Waals surface area contributed by atoms with Crippen LogP contribution in [0.2, 0.25) is 0 Å². The lowest BCUT2D eigenvalue weighted by Crippen LogP contribution is -2.50. The van der Waals surface area contributed by atoms with Crippen molar-refractivity contribution in [3.05, 3.63) is 42.7 Å². The van der Waals surface area contributed by atoms with Gasteiger partial charge in [-0.05, 0) is 12.1 Å². The van der Waals surface area contributed by atoms with E-state index >= 15 is 0 Å². The summed E-state index contributed by atoms with van der Waals surface area (Å²) in [6.07, 6.45) is 1.57. The van der Waals surface area contributed by atoms with Crippen LogP contribution in [-0.4, -0.2) is 87.5 Å². The second kappa shape index (κ2) is 9.59. The van der Waals surface area contributed by atoms with Gasteiger partial charge in [0.15, 0.2) is 0 Å². The number of rotatable bonds is 7. The molecule has 3 heterocycles. The zero-order valence-electron chi connectivity index (χ0n) is 16.9. The molecular formula is C20H27N5O4S. The van der Waals surface area contributed by atoms with Gasteiger partial charge in [0.25, 0.3) is 0 Å². The highest BCUT2D eigenvalue weighted by Crippen LogP contribution is 2.20. The lowest BCUT2D eigenvalue weighted by atomic mass is 10.3. The Morgan fingerprint density at radius 1 is 0.900 bits per heavy atom. The zero-order chi connectivity index (χ0) is 20.8. The Morgan fingerprint density at radius 2 is 1.53 bits per heavy atom. The smallest absolute Gasteiger partial charge is 0.217 e. The van der Waals surface area contributed by atoms with E-state index in [0.717, 1.165) is 24.7 Å². The van der Waals surface area contributed by atoms with Crippen molar-refractivity contribution in [2.75, 3.05) is 74.6 Å². The molecule has 0 amide bonds. The van der Waals surface area contributed by atoms with Gasteiger partial charge in [0, 0.05) is 45.3 Å². The summed E-state index contributed by atoms with van der Waals surface area (Å²) in [7, 11) is -3.36. The molecule has 162 valence electrons. The second-order valence-electron chi connectivity index (χ2n) is 7.20. The van der Waals surface area contributed by atoms with Gasteiger partial charge >= 0.3 is 0 Å². The largest absolute Gasteiger partial charge is 0.492 e. The minimum absolute atomic E-state index is 0.0312. The third kappa shape index (κ3) is 5.18. The van der Waals surface area contributed by atoms with Crippen LogP contribution in [0, 0.1) is 0 Å². The van der Waals surface area contributed by atoms with Crippen LogP contribution in [0.4, 0.5) is 11.6 Å². The van der Waals surface area contributed by atoms with Gasteiger partial charge in [-0.1, -0.05) is 18.2 Å². The van der Waals surface area contributed by atoms with Crippen molar-refractivity contribution >= 4 is 21.7 Å². The number of hydrogen-bond acceptors (Lipinski definition) is 8. The maximum atomic E-state index is 12.7. The molecule has 2 saturated heterocycles. The maximum Gasteiger partial charge on any atom is 0.217 e. The van der Waals surface area contributed by atoms with Crippen LogP contribution in [0.15, 0.2) is 42.7 Å². The van der Waals surface area contributed by atoms with Crippen molar-refractivity contribution in [3.8, 4) is 5.75 Å². The highest BCUT2D eigenvalue weighted by atomic mass is 32.2. The fourth-order valence-electron chi connectivity index (χ4n) is 3.58. The molecule has 2 aromatic rings. The topological polar surface area (TPSA) is 88.1 Å². The predicted octanol–water partition coefficient (Wildman–Crippen LogP) is 0.844. The van der Waals surface area contributed by atoms with Gasteiger partial charge in [-0.15, -0.1) is 0 Å². The van der Waals surface area contributed by atoms with E-state index in [1.165, 1.54) is 0 Å². The Morgan fingerprint density at radius 3 is 2.20 bits per heavy atom. The minimum atomic E-state index is -3.36. The van der Waals surface area contributed by atoms with Crippen molar-refractivity contribution in [3.63, 3.8) is 0 Å². The summed E-state index contributed by atoms with van der Waals surface area (Å²) >= 11 is 0. The molecule has 2 fully saturated rings. The van der Waals surface area contributed by atoms with Gasteiger partial charge < -0.3 is 19.3 Å². The average molecular weight is 434 g/mol. The van der Waals surface area contributed by atoms with Crippen LogP contribution >= 0.6 is 0 Å². The number of hydrogen-bond donors (Lipinski definition) is 0. The van der Waals surface area contributed by atoms with Crippen molar-refractivity contribution in [1.29, 1.82) is 0 Å². The first-order valence-electron chi connectivity index (χ1n) is 10.2. The molecule has 0 bridgehead atoms. The Kier molecular flexibility index (Phi) is 6.66. The molecule has 0 spiro atoms. The summed E-state index contributed by atoms with van der Waals surface area (Å²) in [5.41, 5.74) is 0. The van der Waals surface area contributed by atoms with E-state index in [2.05, 4.69) is 19.8 Å². The number of aromatic nitrogens is 2. The Hall–Kier alpha value is -2.43. The summed E-state index contributed by atoms with van der Waals surface area (Å²) < 4.78 is 37.8. The van der Waals surface area contributed by atoms with E-state index in [1.807, 2.05) is 36.4 Å². The van der Waals surface area contributed by atoms with Crippen LogP contribution in [0.3, 0.4) is 0 Å². The van der Waals surface area contributed by atoms with E-state index < -0.39 is 10.0 Å². The van der Waals surface area contributed by atoms with E-state index in [9.17, 15) is 8.42 Å². The van der Waals surface area contributed by atoms with Gasteiger partial charge in [-0.3, -0.25) is 0 Å². The molecule has 0 saturated carbocycles. The number of morpholine rings is 1. The fraction of sp³-hybridized carbons (Fsp3) is 0.500. The SMILES string of the molecule is O=S(=O)(CCOc1ccccc1)N1CCN(c2cc(N3CCOCC3)ncn2)CC1. The highest BCUT2D eigenvalue weighted by Gasteiger charge is 2.27. The zero-order valence-corrected chi connectivity index (χ0v) is 17.7. The summed E-state index contributed by atoms with van der Waals surface area (Å²) in [5, 5.41) is 0. The molecule has 0 unspecified atom stereocenters. The lowest BCUT2D eigenvalue weighted by Gasteiger charge is -2.35. The van der Waals surface area contributed by atoms with E-state index in [4.69, 9.17) is 9.47 Å². The number of para-hydroxylation sites is 1. The summed E-state index contributed by atoms with van der Waals surface area (Å²) in [4.78, 5) is 13.1. The Bertz CT molecular complexity index is 914. The third-order valence-electron chi connectivity index (χ3n) is 5.28. The quantitative estimate of drug-likeness (QED) is 0.635. The molecule has 0 N–H and O–H groups in total. The number of benzene rings is 1. The number of anilines is 2. The van der Waals surface area contributed by atoms with Gasteiger partial charge in [0.1, 0.15) is 30.3 Å². The lowest BCUT2D eigenvalue weighted by molar-refractivity contribution is 0.122. The molecule has 1 aromatic heterocycles. The van der Waals surface area contributed by atoms with Gasteiger partial charge in [0.05, 0.1) is 19.0 Å². The molecule has 0 radical (unpaired) electrons. The molecule has 10 heteroatoms. The second-order valence-corrected chi connectivity index (χ2v) is 9.29. The van der Waals surface area contributed by atoms with Gasteiger partial charge in [-0.25, -0.2) is 18.4 Å². The highest BCUT2D eigenvalue weighted by molar-refractivity contribution is 7.89. The number of piperazine rings is 1. The van der Waals surface area contributed by atoms with Crippen LogP contribution in [0.25, 0.3) is 0 Å². The fourth-order valence-corrected chi connectivity index (χ4v) is 4.85. The number of sulfonamides is 1. The summed E-state index contributed by atoms with van der Waals surface area (Å²) in [5.74, 6) is 2.36. The first-order valence-corrected chi connectivity index (χ1v) is 11.8. The van der Waals surface area contributed by atoms with Crippen LogP contribution in [0.5, 0.6) is 5.75 Å². The van der Waals surface area contributed by atoms with E-state index in [0.29, 0.717) is 45.1 Å². The predicted molar refractivity (Wildman–Crippen MR) is 115 cm³/mol. The molecule has 30 heavy (non-hydrogen) atoms. The molecule has 2 aliphatic heterocycles. The minimum Gasteiger partial charge on any atom is -0.492 e. The molecule has 0 aliphatic carbocycles. The normalized spacial score (nSPS) is 18.4. The number of nitrogens with zero attached hydrogens (tertiary/aromatic N) is 5. The molecule has 0 atom stereocenters. The molecule has 2 aliphatic rings. The first-order chi connectivity index (χ1) is 14.6. The van der Waals surface area contributed by atoms with Crippen molar-refractivity contribution in [2.24, 2.45) is 0 Å².